The van der Waals surface area contributed by atoms with E-state index in [1.807, 2.05) is 0 Å². The van der Waals surface area contributed by atoms with E-state index in [2.05, 4.69) is 20.4 Å². The molecule has 0 aliphatic rings. The van der Waals surface area contributed by atoms with Gasteiger partial charge in [0.1, 0.15) is 0 Å². The van der Waals surface area contributed by atoms with Crippen LogP contribution in [-0.2, 0) is 10.9 Å². The number of urea groups is 1. The van der Waals surface area contributed by atoms with Gasteiger partial charge in [0.2, 0.25) is 0 Å². The standard InChI is InChI=1S/C9H9F3N2O.C5H10N2O2/c1-13-8(15)14-7-4-2-3-6(5-7)9(10,11)12;1-7(2)4-6-5(8)9-3/h2-5H,1H3,(H2,13,14,15);4H,1-3H3. The number of nitrogens with zero attached hydrogens (tertiary/aromatic N) is 2. The van der Waals surface area contributed by atoms with E-state index in [4.69, 9.17) is 0 Å². The van der Waals surface area contributed by atoms with Crippen LogP contribution in [0.1, 0.15) is 5.56 Å². The molecule has 0 bridgehead atoms. The average Bonchev–Trinajstić information content (AvgIpc) is 2.52. The molecule has 0 saturated carbocycles. The summed E-state index contributed by atoms with van der Waals surface area (Å²) in [4.78, 5) is 26.1. The van der Waals surface area contributed by atoms with Gasteiger partial charge in [0.15, 0.2) is 0 Å². The molecule has 10 heteroatoms. The fourth-order valence-corrected chi connectivity index (χ4v) is 1.18. The molecule has 0 atom stereocenters. The Labute approximate surface area is 137 Å². The number of nitrogens with one attached hydrogen (secondary N) is 2. The molecule has 134 valence electrons. The summed E-state index contributed by atoms with van der Waals surface area (Å²) in [5.74, 6) is 0. The maximum absolute atomic E-state index is 12.3. The van der Waals surface area contributed by atoms with E-state index < -0.39 is 23.9 Å². The predicted octanol–water partition coefficient (Wildman–Crippen LogP) is 2.80. The number of hydrogen-bond acceptors (Lipinski definition) is 3. The largest absolute Gasteiger partial charge is 0.451 e. The molecule has 0 heterocycles. The summed E-state index contributed by atoms with van der Waals surface area (Å²) in [6, 6.07) is 3.86. The molecule has 0 unspecified atom stereocenters. The van der Waals surface area contributed by atoms with Crippen molar-refractivity contribution in [3.05, 3.63) is 29.8 Å². The van der Waals surface area contributed by atoms with Gasteiger partial charge in [-0.2, -0.15) is 18.2 Å². The number of halogens is 3. The van der Waals surface area contributed by atoms with Gasteiger partial charge in [-0.15, -0.1) is 0 Å². The minimum Gasteiger partial charge on any atom is -0.451 e. The summed E-state index contributed by atoms with van der Waals surface area (Å²) < 4.78 is 41.0. The van der Waals surface area contributed by atoms with Gasteiger partial charge in [-0.3, -0.25) is 0 Å². The number of amides is 3. The second-order valence-electron chi connectivity index (χ2n) is 4.46. The van der Waals surface area contributed by atoms with Gasteiger partial charge >= 0.3 is 18.3 Å². The van der Waals surface area contributed by atoms with Crippen LogP contribution in [-0.4, -0.2) is 51.6 Å². The number of ether oxygens (including phenoxy) is 1. The number of carbonyl (C=O) groups excluding carboxylic acids is 2. The van der Waals surface area contributed by atoms with Crippen molar-refractivity contribution in [2.75, 3.05) is 33.6 Å². The summed E-state index contributed by atoms with van der Waals surface area (Å²) in [6.45, 7) is 0. The zero-order chi connectivity index (χ0) is 18.8. The molecule has 0 aliphatic carbocycles. The number of anilines is 1. The Kier molecular flexibility index (Phi) is 8.91. The lowest BCUT2D eigenvalue weighted by Gasteiger charge is -2.09. The normalized spacial score (nSPS) is 10.5. The number of alkyl halides is 3. The summed E-state index contributed by atoms with van der Waals surface area (Å²) in [6.07, 6.45) is -3.60. The summed E-state index contributed by atoms with van der Waals surface area (Å²) in [7, 11) is 6.21. The van der Waals surface area contributed by atoms with E-state index in [-0.39, 0.29) is 5.69 Å². The molecule has 0 saturated heterocycles. The van der Waals surface area contributed by atoms with Gasteiger partial charge in [0.05, 0.1) is 19.0 Å². The lowest BCUT2D eigenvalue weighted by Crippen LogP contribution is -2.24. The van der Waals surface area contributed by atoms with E-state index in [9.17, 15) is 22.8 Å². The molecular weight excluding hydrogens is 329 g/mol. The maximum Gasteiger partial charge on any atom is 0.434 e. The van der Waals surface area contributed by atoms with Crippen molar-refractivity contribution in [3.63, 3.8) is 0 Å². The van der Waals surface area contributed by atoms with Crippen LogP contribution in [0, 0.1) is 0 Å². The smallest absolute Gasteiger partial charge is 0.434 e. The summed E-state index contributed by atoms with van der Waals surface area (Å²) >= 11 is 0. The Morgan fingerprint density at radius 3 is 2.38 bits per heavy atom. The van der Waals surface area contributed by atoms with E-state index in [0.717, 1.165) is 12.1 Å². The molecular formula is C14H19F3N4O3. The van der Waals surface area contributed by atoms with Gasteiger partial charge in [-0.25, -0.2) is 9.59 Å². The van der Waals surface area contributed by atoms with Crippen LogP contribution >= 0.6 is 0 Å². The van der Waals surface area contributed by atoms with E-state index >= 15 is 0 Å². The summed E-state index contributed by atoms with van der Waals surface area (Å²) in [5, 5.41) is 4.49. The Morgan fingerprint density at radius 1 is 1.29 bits per heavy atom. The molecule has 2 N–H and O–H groups in total. The number of carbonyl (C=O) groups is 2. The van der Waals surface area contributed by atoms with Crippen LogP contribution in [0.25, 0.3) is 0 Å². The quantitative estimate of drug-likeness (QED) is 0.636. The monoisotopic (exact) mass is 348 g/mol. The molecule has 24 heavy (non-hydrogen) atoms. The fourth-order valence-electron chi connectivity index (χ4n) is 1.18. The van der Waals surface area contributed by atoms with Crippen molar-refractivity contribution < 1.29 is 27.5 Å². The second-order valence-corrected chi connectivity index (χ2v) is 4.46. The van der Waals surface area contributed by atoms with Gasteiger partial charge in [-0.1, -0.05) is 6.07 Å². The number of benzene rings is 1. The van der Waals surface area contributed by atoms with Crippen LogP contribution in [0.15, 0.2) is 29.3 Å². The first-order valence-corrected chi connectivity index (χ1v) is 6.54. The average molecular weight is 348 g/mol. The predicted molar refractivity (Wildman–Crippen MR) is 84.1 cm³/mol. The highest BCUT2D eigenvalue weighted by atomic mass is 19.4. The lowest BCUT2D eigenvalue weighted by molar-refractivity contribution is -0.137. The number of aliphatic imine (C=N–C) groups is 1. The maximum atomic E-state index is 12.3. The van der Waals surface area contributed by atoms with E-state index in [0.29, 0.717) is 0 Å². The van der Waals surface area contributed by atoms with Crippen LogP contribution < -0.4 is 10.6 Å². The number of methoxy groups -OCH3 is 1. The highest BCUT2D eigenvalue weighted by molar-refractivity contribution is 5.89. The van der Waals surface area contributed by atoms with Crippen molar-refractivity contribution >= 4 is 24.2 Å². The van der Waals surface area contributed by atoms with Gasteiger partial charge < -0.3 is 20.3 Å². The van der Waals surface area contributed by atoms with Gasteiger partial charge in [-0.05, 0) is 18.2 Å². The van der Waals surface area contributed by atoms with E-state index in [1.165, 1.54) is 32.6 Å². The number of rotatable bonds is 2. The van der Waals surface area contributed by atoms with E-state index in [1.54, 1.807) is 19.0 Å². The molecule has 0 aliphatic heterocycles. The Hall–Kier alpha value is -2.78. The third kappa shape index (κ3) is 9.28. The minimum atomic E-state index is -4.40. The first kappa shape index (κ1) is 21.2. The molecule has 0 fully saturated rings. The molecule has 0 radical (unpaired) electrons. The van der Waals surface area contributed by atoms with Crippen LogP contribution in [0.4, 0.5) is 28.4 Å². The zero-order valence-electron chi connectivity index (χ0n) is 13.6. The van der Waals surface area contributed by atoms with Crippen molar-refractivity contribution in [1.29, 1.82) is 0 Å². The molecule has 1 aromatic rings. The Bertz CT molecular complexity index is 575. The minimum absolute atomic E-state index is 0.101. The first-order valence-electron chi connectivity index (χ1n) is 6.54. The van der Waals surface area contributed by atoms with Crippen LogP contribution in [0.2, 0.25) is 0 Å². The third-order valence-electron chi connectivity index (χ3n) is 2.24. The Balaban J connectivity index is 0.000000506. The van der Waals surface area contributed by atoms with Crippen LogP contribution in [0.5, 0.6) is 0 Å². The van der Waals surface area contributed by atoms with Crippen molar-refractivity contribution in [3.8, 4) is 0 Å². The van der Waals surface area contributed by atoms with Crippen LogP contribution in [0.3, 0.4) is 0 Å². The summed E-state index contributed by atoms with van der Waals surface area (Å²) in [5.41, 5.74) is -0.694. The number of hydrogen-bond donors (Lipinski definition) is 2. The fraction of sp³-hybridized carbons (Fsp3) is 0.357. The molecule has 1 rings (SSSR count). The SMILES string of the molecule is CNC(=O)Nc1cccc(C(F)(F)F)c1.COC(=O)N=CN(C)C. The van der Waals surface area contributed by atoms with Crippen molar-refractivity contribution in [2.24, 2.45) is 4.99 Å². The highest BCUT2D eigenvalue weighted by Gasteiger charge is 2.30. The highest BCUT2D eigenvalue weighted by Crippen LogP contribution is 2.30. The van der Waals surface area contributed by atoms with Crippen molar-refractivity contribution in [2.45, 2.75) is 6.18 Å². The topological polar surface area (TPSA) is 83.0 Å². The van der Waals surface area contributed by atoms with Gasteiger partial charge in [0, 0.05) is 26.8 Å². The Morgan fingerprint density at radius 2 is 1.92 bits per heavy atom. The van der Waals surface area contributed by atoms with Gasteiger partial charge in [0.25, 0.3) is 0 Å². The lowest BCUT2D eigenvalue weighted by atomic mass is 10.2. The van der Waals surface area contributed by atoms with Crippen molar-refractivity contribution in [1.82, 2.24) is 10.2 Å². The molecule has 7 nitrogen and oxygen atoms in total. The second kappa shape index (κ2) is 10.1. The zero-order valence-corrected chi connectivity index (χ0v) is 13.6. The third-order valence-corrected chi connectivity index (χ3v) is 2.24. The first-order chi connectivity index (χ1) is 11.1. The molecule has 0 aromatic heterocycles. The molecule has 1 aromatic carbocycles. The molecule has 0 spiro atoms. The molecule has 3 amide bonds.